The molecule has 3 aromatic rings. The zero-order chi connectivity index (χ0) is 34.5. The van der Waals surface area contributed by atoms with Crippen molar-refractivity contribution in [3.05, 3.63) is 46.8 Å². The van der Waals surface area contributed by atoms with E-state index in [9.17, 15) is 17.7 Å². The average Bonchev–Trinajstić information content (AvgIpc) is 3.39. The highest BCUT2D eigenvalue weighted by Crippen LogP contribution is 2.45. The fraction of sp³-hybridized carbons (Fsp3) is 0.529. The van der Waals surface area contributed by atoms with Crippen LogP contribution in [0.1, 0.15) is 54.1 Å². The van der Waals surface area contributed by atoms with Gasteiger partial charge in [-0.2, -0.15) is 13.2 Å². The van der Waals surface area contributed by atoms with Crippen LogP contribution in [0.25, 0.3) is 10.1 Å². The molecule has 2 fully saturated rings. The molecule has 0 saturated carbocycles. The number of hydrogen-bond acceptors (Lipinski definition) is 7. The summed E-state index contributed by atoms with van der Waals surface area (Å²) >= 11 is 1.25. The lowest BCUT2D eigenvalue weighted by molar-refractivity contribution is -0.126. The summed E-state index contributed by atoms with van der Waals surface area (Å²) in [6.45, 7) is 7.24. The number of alkyl halides is 3. The minimum Gasteiger partial charge on any atom is -0.495 e. The average molecular weight is 665 g/mol. The van der Waals surface area contributed by atoms with E-state index in [2.05, 4.69) is 27.4 Å². The molecule has 2 aromatic carbocycles. The van der Waals surface area contributed by atoms with Crippen molar-refractivity contribution < 1.29 is 31.3 Å². The standard InChI is InChI=1S/C34H43F3N3O3PS/c1-4-44(41,5-2)26-11-12-29(31(22-26)42-3)38-17-7-10-32-28(23-34(35,36)37)27-8-6-9-30(33(27)45-32)39-24-13-18-40(19-14-24)25-15-20-43-21-16-25/h6,8-9,11-12,22,24-25,38-39H,4-5,13-21,23H2,1-3H3/i3D3. The van der Waals surface area contributed by atoms with Crippen LogP contribution in [0.2, 0.25) is 0 Å². The Morgan fingerprint density at radius 3 is 2.56 bits per heavy atom. The maximum atomic E-state index is 13.8. The van der Waals surface area contributed by atoms with E-state index in [4.69, 9.17) is 13.6 Å². The third-order valence-electron chi connectivity index (χ3n) is 8.93. The van der Waals surface area contributed by atoms with Gasteiger partial charge < -0.3 is 29.6 Å². The molecule has 2 saturated heterocycles. The van der Waals surface area contributed by atoms with Gasteiger partial charge in [0.25, 0.3) is 0 Å². The molecule has 1 aromatic heterocycles. The van der Waals surface area contributed by atoms with Crippen LogP contribution in [-0.4, -0.2) is 75.4 Å². The molecule has 3 heterocycles. The summed E-state index contributed by atoms with van der Waals surface area (Å²) in [5.74, 6) is 5.90. The van der Waals surface area contributed by atoms with Crippen molar-refractivity contribution in [1.82, 2.24) is 4.90 Å². The smallest absolute Gasteiger partial charge is 0.393 e. The van der Waals surface area contributed by atoms with E-state index in [1.807, 2.05) is 19.9 Å². The van der Waals surface area contributed by atoms with Crippen LogP contribution >= 0.6 is 18.5 Å². The topological polar surface area (TPSA) is 62.8 Å². The molecule has 6 nitrogen and oxygen atoms in total. The Balaban J connectivity index is 1.35. The highest BCUT2D eigenvalue weighted by molar-refractivity contribution is 7.71. The molecule has 2 aliphatic rings. The van der Waals surface area contributed by atoms with Crippen molar-refractivity contribution in [2.75, 3.05) is 62.8 Å². The summed E-state index contributed by atoms with van der Waals surface area (Å²) < 4.78 is 88.9. The van der Waals surface area contributed by atoms with Gasteiger partial charge in [0, 0.05) is 56.0 Å². The van der Waals surface area contributed by atoms with Gasteiger partial charge >= 0.3 is 6.18 Å². The van der Waals surface area contributed by atoms with Crippen molar-refractivity contribution in [3.8, 4) is 17.6 Å². The predicted octanol–water partition coefficient (Wildman–Crippen LogP) is 7.56. The molecule has 0 amide bonds. The number of fused-ring (bicyclic) bond motifs is 1. The van der Waals surface area contributed by atoms with Gasteiger partial charge in [-0.25, -0.2) is 0 Å². The maximum absolute atomic E-state index is 13.8. The van der Waals surface area contributed by atoms with Crippen molar-refractivity contribution in [1.29, 1.82) is 0 Å². The van der Waals surface area contributed by atoms with Gasteiger partial charge in [0.1, 0.15) is 12.9 Å². The predicted molar refractivity (Wildman–Crippen MR) is 180 cm³/mol. The van der Waals surface area contributed by atoms with Crippen LogP contribution in [0.5, 0.6) is 5.75 Å². The van der Waals surface area contributed by atoms with Crippen molar-refractivity contribution >= 4 is 45.2 Å². The number of benzene rings is 2. The number of nitrogens with zero attached hydrogens (tertiary/aromatic N) is 1. The number of rotatable bonds is 10. The second-order valence-electron chi connectivity index (χ2n) is 11.6. The summed E-state index contributed by atoms with van der Waals surface area (Å²) in [6, 6.07) is 11.0. The quantitative estimate of drug-likeness (QED) is 0.172. The lowest BCUT2D eigenvalue weighted by Crippen LogP contribution is -2.46. The highest BCUT2D eigenvalue weighted by atomic mass is 32.1. The van der Waals surface area contributed by atoms with Crippen LogP contribution in [0.4, 0.5) is 24.5 Å². The highest BCUT2D eigenvalue weighted by Gasteiger charge is 2.32. The molecule has 11 heteroatoms. The Bertz CT molecular complexity index is 1670. The fourth-order valence-corrected chi connectivity index (χ4v) is 9.33. The van der Waals surface area contributed by atoms with Gasteiger partial charge in [0.2, 0.25) is 0 Å². The Labute approximate surface area is 272 Å². The maximum Gasteiger partial charge on any atom is 0.393 e. The first kappa shape index (κ1) is 29.7. The molecule has 0 bridgehead atoms. The normalized spacial score (nSPS) is 18.5. The minimum atomic E-state index is -4.41. The SMILES string of the molecule is [2H]C([2H])([2H])Oc1cc(P(=O)(CC)CC)ccc1NCC#Cc1sc2c(NC3CCN(C4CCOCC4)CC3)cccc2c1CC(F)(F)F. The molecule has 244 valence electrons. The Morgan fingerprint density at radius 2 is 1.87 bits per heavy atom. The molecule has 0 unspecified atom stereocenters. The number of likely N-dealkylation sites (tertiary alicyclic amines) is 1. The number of piperidine rings is 1. The largest absolute Gasteiger partial charge is 0.495 e. The molecule has 0 spiro atoms. The number of thiophene rings is 1. The van der Waals surface area contributed by atoms with E-state index in [0.717, 1.165) is 62.4 Å². The van der Waals surface area contributed by atoms with Crippen LogP contribution in [0.3, 0.4) is 0 Å². The van der Waals surface area contributed by atoms with Gasteiger partial charge in [0.15, 0.2) is 0 Å². The number of anilines is 2. The van der Waals surface area contributed by atoms with Crippen LogP contribution < -0.4 is 20.7 Å². The summed E-state index contributed by atoms with van der Waals surface area (Å²) in [6.07, 6.45) is -0.634. The molecule has 5 rings (SSSR count). The first-order valence-electron chi connectivity index (χ1n) is 17.1. The summed E-state index contributed by atoms with van der Waals surface area (Å²) in [7, 11) is -5.44. The monoisotopic (exact) mass is 664 g/mol. The molecular formula is C34H43F3N3O3PS. The zero-order valence-electron chi connectivity index (χ0n) is 28.8. The van der Waals surface area contributed by atoms with E-state index in [1.54, 1.807) is 24.3 Å². The number of nitrogens with one attached hydrogen (secondary N) is 2. The van der Waals surface area contributed by atoms with Crippen LogP contribution in [-0.2, 0) is 15.7 Å². The number of ether oxygens (including phenoxy) is 2. The van der Waals surface area contributed by atoms with E-state index < -0.39 is 26.8 Å². The zero-order valence-corrected chi connectivity index (χ0v) is 27.5. The molecule has 2 aliphatic heterocycles. The van der Waals surface area contributed by atoms with Crippen molar-refractivity contribution in [2.45, 2.75) is 64.2 Å². The number of hydrogen-bond donors (Lipinski definition) is 2. The fourth-order valence-electron chi connectivity index (χ4n) is 6.29. The lowest BCUT2D eigenvalue weighted by Gasteiger charge is -2.39. The van der Waals surface area contributed by atoms with Gasteiger partial charge in [0.05, 0.1) is 45.1 Å². The van der Waals surface area contributed by atoms with Crippen LogP contribution in [0, 0.1) is 11.8 Å². The van der Waals surface area contributed by atoms with E-state index in [0.29, 0.717) is 39.6 Å². The molecular weight excluding hydrogens is 618 g/mol. The second kappa shape index (κ2) is 14.8. The minimum absolute atomic E-state index is 0.0188. The van der Waals surface area contributed by atoms with Gasteiger partial charge in [-0.05, 0) is 60.9 Å². The van der Waals surface area contributed by atoms with E-state index >= 15 is 0 Å². The Morgan fingerprint density at radius 1 is 1.11 bits per heavy atom. The first-order valence-corrected chi connectivity index (χ1v) is 18.5. The van der Waals surface area contributed by atoms with Gasteiger partial charge in [-0.1, -0.05) is 37.8 Å². The third-order valence-corrected chi connectivity index (χ3v) is 13.4. The number of halogens is 3. The van der Waals surface area contributed by atoms with Gasteiger partial charge in [-0.15, -0.1) is 11.3 Å². The molecule has 0 aliphatic carbocycles. The summed E-state index contributed by atoms with van der Waals surface area (Å²) in [4.78, 5) is 2.88. The van der Waals surface area contributed by atoms with E-state index in [-0.39, 0.29) is 23.9 Å². The Hall–Kier alpha value is -2.70. The lowest BCUT2D eigenvalue weighted by atomic mass is 9.99. The first-order chi connectivity index (χ1) is 22.8. The summed E-state index contributed by atoms with van der Waals surface area (Å²) in [5, 5.41) is 7.73. The van der Waals surface area contributed by atoms with Crippen molar-refractivity contribution in [2.24, 2.45) is 0 Å². The third kappa shape index (κ3) is 8.18. The molecule has 0 atom stereocenters. The van der Waals surface area contributed by atoms with Crippen LogP contribution in [0.15, 0.2) is 36.4 Å². The second-order valence-corrected chi connectivity index (χ2v) is 16.2. The number of methoxy groups -OCH3 is 1. The molecule has 2 N–H and O–H groups in total. The molecule has 45 heavy (non-hydrogen) atoms. The molecule has 0 radical (unpaired) electrons. The Kier molecular flexibility index (Phi) is 9.77. The van der Waals surface area contributed by atoms with Gasteiger partial charge in [-0.3, -0.25) is 0 Å². The summed E-state index contributed by atoms with van der Waals surface area (Å²) in [5.41, 5.74) is 1.31. The van der Waals surface area contributed by atoms with E-state index in [1.165, 1.54) is 17.4 Å². The van der Waals surface area contributed by atoms with Crippen molar-refractivity contribution in [3.63, 3.8) is 0 Å².